The molecule has 0 aliphatic rings. The molecule has 1 amide bonds. The molecule has 0 aliphatic carbocycles. The Morgan fingerprint density at radius 1 is 1.64 bits per heavy atom. The molecular formula is C8H15NO2. The third-order valence-electron chi connectivity index (χ3n) is 1.14. The van der Waals surface area contributed by atoms with Crippen molar-refractivity contribution in [2.45, 2.75) is 19.8 Å². The van der Waals surface area contributed by atoms with E-state index in [0.717, 1.165) is 6.42 Å². The van der Waals surface area contributed by atoms with E-state index in [9.17, 15) is 4.79 Å². The van der Waals surface area contributed by atoms with Crippen LogP contribution in [0.1, 0.15) is 19.8 Å². The van der Waals surface area contributed by atoms with E-state index in [1.54, 1.807) is 6.08 Å². The fraction of sp³-hybridized carbons (Fsp3) is 0.625. The molecule has 0 rings (SSSR count). The molecule has 11 heavy (non-hydrogen) atoms. The minimum Gasteiger partial charge on any atom is -0.396 e. The third kappa shape index (κ3) is 7.06. The molecule has 0 heterocycles. The molecule has 0 unspecified atom stereocenters. The maximum Gasteiger partial charge on any atom is 0.243 e. The van der Waals surface area contributed by atoms with E-state index in [1.807, 2.05) is 6.92 Å². The van der Waals surface area contributed by atoms with Gasteiger partial charge in [-0.05, 0) is 18.9 Å². The van der Waals surface area contributed by atoms with Gasteiger partial charge in [-0.25, -0.2) is 0 Å². The lowest BCUT2D eigenvalue weighted by atomic mass is 10.4. The molecule has 0 saturated heterocycles. The molecular weight excluding hydrogens is 142 g/mol. The smallest absolute Gasteiger partial charge is 0.243 e. The van der Waals surface area contributed by atoms with E-state index in [1.165, 1.54) is 6.08 Å². The minimum atomic E-state index is -0.0831. The summed E-state index contributed by atoms with van der Waals surface area (Å²) in [5.74, 6) is -0.0831. The Hall–Kier alpha value is -0.830. The van der Waals surface area contributed by atoms with Crippen LogP contribution in [0.15, 0.2) is 12.2 Å². The molecule has 0 bridgehead atoms. The lowest BCUT2D eigenvalue weighted by molar-refractivity contribution is -0.116. The van der Waals surface area contributed by atoms with E-state index in [2.05, 4.69) is 5.32 Å². The molecule has 0 spiro atoms. The predicted octanol–water partition coefficient (Wildman–Crippen LogP) is 0.451. The summed E-state index contributed by atoms with van der Waals surface area (Å²) in [6.45, 7) is 2.64. The molecule has 0 aliphatic heterocycles. The van der Waals surface area contributed by atoms with Crippen molar-refractivity contribution in [1.29, 1.82) is 0 Å². The van der Waals surface area contributed by atoms with Gasteiger partial charge < -0.3 is 10.4 Å². The van der Waals surface area contributed by atoms with Gasteiger partial charge in [0, 0.05) is 13.2 Å². The van der Waals surface area contributed by atoms with E-state index in [-0.39, 0.29) is 12.5 Å². The highest BCUT2D eigenvalue weighted by Gasteiger charge is 1.91. The number of hydrogen-bond acceptors (Lipinski definition) is 2. The average molecular weight is 157 g/mol. The van der Waals surface area contributed by atoms with Gasteiger partial charge in [-0.15, -0.1) is 0 Å². The zero-order valence-electron chi connectivity index (χ0n) is 6.84. The quantitative estimate of drug-likeness (QED) is 0.449. The molecule has 0 radical (unpaired) electrons. The van der Waals surface area contributed by atoms with Gasteiger partial charge in [0.05, 0.1) is 0 Å². The van der Waals surface area contributed by atoms with Gasteiger partial charge in [-0.3, -0.25) is 4.79 Å². The number of allylic oxidation sites excluding steroid dienone is 1. The summed E-state index contributed by atoms with van der Waals surface area (Å²) in [6, 6.07) is 0. The number of rotatable bonds is 5. The van der Waals surface area contributed by atoms with Crippen molar-refractivity contribution in [2.75, 3.05) is 13.2 Å². The Balaban J connectivity index is 3.30. The van der Waals surface area contributed by atoms with Crippen LogP contribution in [0.4, 0.5) is 0 Å². The summed E-state index contributed by atoms with van der Waals surface area (Å²) in [4.78, 5) is 10.8. The Kier molecular flexibility index (Phi) is 6.73. The molecule has 2 N–H and O–H groups in total. The second-order valence-electron chi connectivity index (χ2n) is 2.18. The van der Waals surface area contributed by atoms with E-state index < -0.39 is 0 Å². The van der Waals surface area contributed by atoms with Crippen LogP contribution in [0.5, 0.6) is 0 Å². The topological polar surface area (TPSA) is 49.3 Å². The maximum atomic E-state index is 10.8. The number of amides is 1. The van der Waals surface area contributed by atoms with Gasteiger partial charge in [-0.1, -0.05) is 13.0 Å². The molecule has 0 atom stereocenters. The summed E-state index contributed by atoms with van der Waals surface area (Å²) in [6.07, 6.45) is 4.80. The summed E-state index contributed by atoms with van der Waals surface area (Å²) in [7, 11) is 0. The lowest BCUT2D eigenvalue weighted by Gasteiger charge is -1.97. The van der Waals surface area contributed by atoms with E-state index in [0.29, 0.717) is 13.0 Å². The van der Waals surface area contributed by atoms with Crippen molar-refractivity contribution in [2.24, 2.45) is 0 Å². The van der Waals surface area contributed by atoms with Crippen molar-refractivity contribution >= 4 is 5.91 Å². The standard InChI is InChI=1S/C8H15NO2/c1-2-3-5-8(11)9-6-4-7-10/h3,5,10H,2,4,6-7H2,1H3,(H,9,11)/b5-3+. The highest BCUT2D eigenvalue weighted by molar-refractivity contribution is 5.87. The van der Waals surface area contributed by atoms with Gasteiger partial charge >= 0.3 is 0 Å². The number of carbonyl (C=O) groups is 1. The summed E-state index contributed by atoms with van der Waals surface area (Å²) < 4.78 is 0. The van der Waals surface area contributed by atoms with Crippen LogP contribution in [0.2, 0.25) is 0 Å². The number of aliphatic hydroxyl groups excluding tert-OH is 1. The predicted molar refractivity (Wildman–Crippen MR) is 44.1 cm³/mol. The summed E-state index contributed by atoms with van der Waals surface area (Å²) in [5, 5.41) is 11.0. The molecule has 0 saturated carbocycles. The largest absolute Gasteiger partial charge is 0.396 e. The minimum absolute atomic E-state index is 0.0831. The van der Waals surface area contributed by atoms with Crippen molar-refractivity contribution in [3.05, 3.63) is 12.2 Å². The normalized spacial score (nSPS) is 10.4. The Bertz CT molecular complexity index is 132. The van der Waals surface area contributed by atoms with Gasteiger partial charge in [0.1, 0.15) is 0 Å². The number of nitrogens with one attached hydrogen (secondary N) is 1. The summed E-state index contributed by atoms with van der Waals surface area (Å²) in [5.41, 5.74) is 0. The first-order valence-electron chi connectivity index (χ1n) is 3.86. The lowest BCUT2D eigenvalue weighted by Crippen LogP contribution is -2.22. The van der Waals surface area contributed by atoms with Crippen molar-refractivity contribution < 1.29 is 9.90 Å². The average Bonchev–Trinajstić information content (AvgIpc) is 2.01. The number of aliphatic hydroxyl groups is 1. The van der Waals surface area contributed by atoms with Crippen molar-refractivity contribution in [3.8, 4) is 0 Å². The second-order valence-corrected chi connectivity index (χ2v) is 2.18. The Morgan fingerprint density at radius 2 is 2.36 bits per heavy atom. The summed E-state index contributed by atoms with van der Waals surface area (Å²) >= 11 is 0. The molecule has 3 nitrogen and oxygen atoms in total. The highest BCUT2D eigenvalue weighted by Crippen LogP contribution is 1.79. The van der Waals surface area contributed by atoms with Crippen molar-refractivity contribution in [1.82, 2.24) is 5.32 Å². The third-order valence-corrected chi connectivity index (χ3v) is 1.14. The van der Waals surface area contributed by atoms with Gasteiger partial charge in [0.2, 0.25) is 5.91 Å². The van der Waals surface area contributed by atoms with Gasteiger partial charge in [0.15, 0.2) is 0 Å². The van der Waals surface area contributed by atoms with Crippen LogP contribution in [-0.2, 0) is 4.79 Å². The number of hydrogen-bond donors (Lipinski definition) is 2. The zero-order valence-corrected chi connectivity index (χ0v) is 6.84. The highest BCUT2D eigenvalue weighted by atomic mass is 16.3. The van der Waals surface area contributed by atoms with Crippen LogP contribution in [0.25, 0.3) is 0 Å². The molecule has 0 fully saturated rings. The SMILES string of the molecule is CC/C=C/C(=O)NCCCO. The monoisotopic (exact) mass is 157 g/mol. The molecule has 3 heteroatoms. The molecule has 0 aromatic rings. The first-order chi connectivity index (χ1) is 5.31. The van der Waals surface area contributed by atoms with Crippen LogP contribution in [0, 0.1) is 0 Å². The van der Waals surface area contributed by atoms with Crippen LogP contribution in [0.3, 0.4) is 0 Å². The first-order valence-corrected chi connectivity index (χ1v) is 3.86. The second kappa shape index (κ2) is 7.28. The van der Waals surface area contributed by atoms with Crippen LogP contribution in [-0.4, -0.2) is 24.2 Å². The Labute approximate surface area is 67.1 Å². The fourth-order valence-corrected chi connectivity index (χ4v) is 0.574. The first kappa shape index (κ1) is 10.2. The van der Waals surface area contributed by atoms with E-state index >= 15 is 0 Å². The Morgan fingerprint density at radius 3 is 2.91 bits per heavy atom. The van der Waals surface area contributed by atoms with Crippen LogP contribution < -0.4 is 5.32 Å². The zero-order chi connectivity index (χ0) is 8.53. The van der Waals surface area contributed by atoms with Gasteiger partial charge in [0.25, 0.3) is 0 Å². The van der Waals surface area contributed by atoms with Crippen molar-refractivity contribution in [3.63, 3.8) is 0 Å². The number of carbonyl (C=O) groups excluding carboxylic acids is 1. The van der Waals surface area contributed by atoms with Crippen LogP contribution >= 0.6 is 0 Å². The molecule has 0 aromatic carbocycles. The maximum absolute atomic E-state index is 10.8. The molecule has 64 valence electrons. The molecule has 0 aromatic heterocycles. The van der Waals surface area contributed by atoms with Gasteiger partial charge in [-0.2, -0.15) is 0 Å². The van der Waals surface area contributed by atoms with E-state index in [4.69, 9.17) is 5.11 Å². The fourth-order valence-electron chi connectivity index (χ4n) is 0.574.